The molecule has 5 heteroatoms. The Morgan fingerprint density at radius 2 is 2.08 bits per heavy atom. The van der Waals surface area contributed by atoms with Crippen LogP contribution < -0.4 is 10.2 Å². The molecule has 2 aromatic heterocycles. The first-order valence-corrected chi connectivity index (χ1v) is 8.38. The van der Waals surface area contributed by atoms with Crippen LogP contribution in [0.4, 0.5) is 11.8 Å². The van der Waals surface area contributed by atoms with Gasteiger partial charge in [0.05, 0.1) is 6.04 Å². The van der Waals surface area contributed by atoms with Crippen LogP contribution in [-0.2, 0) is 0 Å². The van der Waals surface area contributed by atoms with E-state index in [0.717, 1.165) is 36.7 Å². The molecule has 3 heterocycles. The largest absolute Gasteiger partial charge is 0.365 e. The first-order valence-electron chi connectivity index (χ1n) is 8.38. The standard InChI is InChI=1S/C19H21N5/c1-2-12-20-18-17-11-7-14-24(17)22-19(21-18)23-13-6-10-16(23)15-8-4-3-5-9-15/h2-5,7-9,11,14,16H,1,6,10,12-13H2,(H,20,21,22). The lowest BCUT2D eigenvalue weighted by Gasteiger charge is -2.25. The van der Waals surface area contributed by atoms with Crippen LogP contribution in [-0.4, -0.2) is 27.7 Å². The molecule has 24 heavy (non-hydrogen) atoms. The topological polar surface area (TPSA) is 45.5 Å². The highest BCUT2D eigenvalue weighted by molar-refractivity contribution is 5.69. The van der Waals surface area contributed by atoms with E-state index in [1.54, 1.807) is 0 Å². The van der Waals surface area contributed by atoms with Gasteiger partial charge in [-0.15, -0.1) is 11.7 Å². The summed E-state index contributed by atoms with van der Waals surface area (Å²) in [6.45, 7) is 5.43. The minimum absolute atomic E-state index is 0.339. The number of hydrogen-bond donors (Lipinski definition) is 1. The average Bonchev–Trinajstić information content (AvgIpc) is 3.29. The van der Waals surface area contributed by atoms with E-state index in [1.165, 1.54) is 5.56 Å². The van der Waals surface area contributed by atoms with Crippen LogP contribution in [0.25, 0.3) is 5.52 Å². The summed E-state index contributed by atoms with van der Waals surface area (Å²) in [6.07, 6.45) is 6.09. The van der Waals surface area contributed by atoms with E-state index in [0.29, 0.717) is 12.6 Å². The number of nitrogens with zero attached hydrogens (tertiary/aromatic N) is 4. The molecule has 1 atom stereocenters. The highest BCUT2D eigenvalue weighted by Crippen LogP contribution is 2.34. The molecule has 0 amide bonds. The third-order valence-corrected chi connectivity index (χ3v) is 4.49. The van der Waals surface area contributed by atoms with Crippen molar-refractivity contribution in [1.29, 1.82) is 0 Å². The lowest BCUT2D eigenvalue weighted by Crippen LogP contribution is -2.26. The van der Waals surface area contributed by atoms with Crippen molar-refractivity contribution >= 4 is 17.3 Å². The van der Waals surface area contributed by atoms with E-state index in [2.05, 4.69) is 47.1 Å². The molecule has 1 fully saturated rings. The summed E-state index contributed by atoms with van der Waals surface area (Å²) in [6, 6.07) is 15.0. The highest BCUT2D eigenvalue weighted by atomic mass is 15.4. The van der Waals surface area contributed by atoms with Crippen LogP contribution in [0.15, 0.2) is 61.3 Å². The molecule has 0 bridgehead atoms. The molecule has 0 aliphatic carbocycles. The number of rotatable bonds is 5. The van der Waals surface area contributed by atoms with Gasteiger partial charge in [-0.2, -0.15) is 4.98 Å². The predicted molar refractivity (Wildman–Crippen MR) is 97.4 cm³/mol. The smallest absolute Gasteiger partial charge is 0.246 e. The Kier molecular flexibility index (Phi) is 3.91. The van der Waals surface area contributed by atoms with Gasteiger partial charge in [-0.1, -0.05) is 36.4 Å². The summed E-state index contributed by atoms with van der Waals surface area (Å²) in [7, 11) is 0. The van der Waals surface area contributed by atoms with Crippen molar-refractivity contribution in [1.82, 2.24) is 14.6 Å². The Morgan fingerprint density at radius 3 is 2.92 bits per heavy atom. The molecule has 1 aliphatic rings. The van der Waals surface area contributed by atoms with Gasteiger partial charge in [-0.25, -0.2) is 4.52 Å². The minimum Gasteiger partial charge on any atom is -0.365 e. The number of anilines is 2. The third kappa shape index (κ3) is 2.62. The predicted octanol–water partition coefficient (Wildman–Crippen LogP) is 3.67. The molecule has 3 aromatic rings. The van der Waals surface area contributed by atoms with Gasteiger partial charge in [0.15, 0.2) is 5.82 Å². The highest BCUT2D eigenvalue weighted by Gasteiger charge is 2.28. The second-order valence-corrected chi connectivity index (χ2v) is 6.03. The second kappa shape index (κ2) is 6.35. The lowest BCUT2D eigenvalue weighted by atomic mass is 10.1. The molecule has 0 spiro atoms. The zero-order valence-electron chi connectivity index (χ0n) is 13.6. The lowest BCUT2D eigenvalue weighted by molar-refractivity contribution is 0.690. The molecule has 1 unspecified atom stereocenters. The fourth-order valence-electron chi connectivity index (χ4n) is 3.37. The Labute approximate surface area is 141 Å². The maximum atomic E-state index is 4.80. The van der Waals surface area contributed by atoms with E-state index in [-0.39, 0.29) is 0 Å². The van der Waals surface area contributed by atoms with Gasteiger partial charge in [-0.3, -0.25) is 0 Å². The zero-order chi connectivity index (χ0) is 16.4. The molecule has 1 saturated heterocycles. The molecular weight excluding hydrogens is 298 g/mol. The van der Waals surface area contributed by atoms with Crippen LogP contribution in [0, 0.1) is 0 Å². The quantitative estimate of drug-likeness (QED) is 0.729. The van der Waals surface area contributed by atoms with Crippen molar-refractivity contribution < 1.29 is 0 Å². The van der Waals surface area contributed by atoms with Gasteiger partial charge >= 0.3 is 0 Å². The number of aromatic nitrogens is 3. The second-order valence-electron chi connectivity index (χ2n) is 6.03. The van der Waals surface area contributed by atoms with Crippen molar-refractivity contribution in [2.45, 2.75) is 18.9 Å². The molecule has 122 valence electrons. The number of nitrogens with one attached hydrogen (secondary N) is 1. The zero-order valence-corrected chi connectivity index (χ0v) is 13.6. The van der Waals surface area contributed by atoms with Crippen LogP contribution in [0.2, 0.25) is 0 Å². The summed E-state index contributed by atoms with van der Waals surface area (Å²) in [5.41, 5.74) is 2.31. The average molecular weight is 319 g/mol. The Balaban J connectivity index is 1.73. The summed E-state index contributed by atoms with van der Waals surface area (Å²) in [5.74, 6) is 1.63. The Bertz CT molecular complexity index is 839. The molecular formula is C19H21N5. The van der Waals surface area contributed by atoms with Crippen molar-refractivity contribution in [2.75, 3.05) is 23.3 Å². The first-order chi connectivity index (χ1) is 11.9. The van der Waals surface area contributed by atoms with Crippen molar-refractivity contribution in [2.24, 2.45) is 0 Å². The molecule has 1 aliphatic heterocycles. The monoisotopic (exact) mass is 319 g/mol. The third-order valence-electron chi connectivity index (χ3n) is 4.49. The number of benzene rings is 1. The maximum absolute atomic E-state index is 4.80. The number of fused-ring (bicyclic) bond motifs is 1. The van der Waals surface area contributed by atoms with Crippen molar-refractivity contribution in [3.05, 3.63) is 66.9 Å². The Morgan fingerprint density at radius 1 is 1.21 bits per heavy atom. The van der Waals surface area contributed by atoms with Gasteiger partial charge in [0.25, 0.3) is 0 Å². The Hall–Kier alpha value is -2.82. The summed E-state index contributed by atoms with van der Waals surface area (Å²) in [4.78, 5) is 7.12. The minimum atomic E-state index is 0.339. The fraction of sp³-hybridized carbons (Fsp3) is 0.263. The van der Waals surface area contributed by atoms with Crippen LogP contribution >= 0.6 is 0 Å². The van der Waals surface area contributed by atoms with Crippen LogP contribution in [0.1, 0.15) is 24.4 Å². The molecule has 1 aromatic carbocycles. The van der Waals surface area contributed by atoms with Gasteiger partial charge in [0.1, 0.15) is 5.52 Å². The molecule has 0 radical (unpaired) electrons. The summed E-state index contributed by atoms with van der Waals surface area (Å²) in [5, 5.41) is 8.05. The van der Waals surface area contributed by atoms with Gasteiger partial charge < -0.3 is 10.2 Å². The van der Waals surface area contributed by atoms with Gasteiger partial charge in [0, 0.05) is 19.3 Å². The van der Waals surface area contributed by atoms with E-state index >= 15 is 0 Å². The normalized spacial score (nSPS) is 17.3. The van der Waals surface area contributed by atoms with E-state index < -0.39 is 0 Å². The molecule has 4 rings (SSSR count). The number of hydrogen-bond acceptors (Lipinski definition) is 4. The fourth-order valence-corrected chi connectivity index (χ4v) is 3.37. The van der Waals surface area contributed by atoms with E-state index in [1.807, 2.05) is 28.9 Å². The molecule has 0 saturated carbocycles. The summed E-state index contributed by atoms with van der Waals surface area (Å²) >= 11 is 0. The van der Waals surface area contributed by atoms with E-state index in [4.69, 9.17) is 10.1 Å². The summed E-state index contributed by atoms with van der Waals surface area (Å²) < 4.78 is 1.90. The molecule has 1 N–H and O–H groups in total. The maximum Gasteiger partial charge on any atom is 0.246 e. The van der Waals surface area contributed by atoms with Crippen molar-refractivity contribution in [3.8, 4) is 0 Å². The van der Waals surface area contributed by atoms with Gasteiger partial charge in [-0.05, 0) is 30.5 Å². The first kappa shape index (κ1) is 14.8. The van der Waals surface area contributed by atoms with Crippen molar-refractivity contribution in [3.63, 3.8) is 0 Å². The van der Waals surface area contributed by atoms with E-state index in [9.17, 15) is 0 Å². The molecule has 5 nitrogen and oxygen atoms in total. The van der Waals surface area contributed by atoms with Crippen LogP contribution in [0.5, 0.6) is 0 Å². The SMILES string of the molecule is C=CCNc1nc(N2CCCC2c2ccccc2)nn2cccc12. The van der Waals surface area contributed by atoms with Gasteiger partial charge in [0.2, 0.25) is 5.95 Å². The van der Waals surface area contributed by atoms with Crippen LogP contribution in [0.3, 0.4) is 0 Å².